The van der Waals surface area contributed by atoms with E-state index in [1.807, 2.05) is 0 Å². The average molecular weight is 283 g/mol. The second-order valence-corrected chi connectivity index (χ2v) is 4.36. The lowest BCUT2D eigenvalue weighted by Crippen LogP contribution is -2.13. The largest absolute Gasteiger partial charge is 0.464 e. The highest BCUT2D eigenvalue weighted by Gasteiger charge is 2.16. The van der Waals surface area contributed by atoms with E-state index in [4.69, 9.17) is 11.6 Å². The number of rotatable bonds is 3. The van der Waals surface area contributed by atoms with Gasteiger partial charge in [-0.3, -0.25) is 0 Å². The smallest absolute Gasteiger partial charge is 0.356 e. The Kier molecular flexibility index (Phi) is 3.85. The molecule has 0 atom stereocenters. The maximum Gasteiger partial charge on any atom is 0.356 e. The summed E-state index contributed by atoms with van der Waals surface area (Å²) < 4.78 is 19.7. The number of ether oxygens (including phenoxy) is 1. The molecule has 0 N–H and O–H groups in total. The van der Waals surface area contributed by atoms with Crippen molar-refractivity contribution >= 4 is 17.6 Å². The molecule has 100 valence electrons. The van der Waals surface area contributed by atoms with Crippen LogP contribution in [-0.4, -0.2) is 22.6 Å². The van der Waals surface area contributed by atoms with E-state index in [1.165, 1.54) is 19.4 Å². The molecule has 0 fully saturated rings. The normalized spacial score (nSPS) is 10.5. The number of carbonyl (C=O) groups is 1. The predicted octanol–water partition coefficient (Wildman–Crippen LogP) is 2.82. The van der Waals surface area contributed by atoms with Crippen LogP contribution >= 0.6 is 11.6 Å². The molecule has 0 saturated heterocycles. The van der Waals surface area contributed by atoms with Crippen molar-refractivity contribution in [3.8, 4) is 0 Å². The zero-order valence-electron chi connectivity index (χ0n) is 10.5. The van der Waals surface area contributed by atoms with Crippen LogP contribution in [0.15, 0.2) is 24.4 Å². The van der Waals surface area contributed by atoms with Crippen molar-refractivity contribution in [3.05, 3.63) is 52.3 Å². The molecular formula is C13H12ClFN2O2. The number of nitrogens with zero attached hydrogens (tertiary/aromatic N) is 2. The van der Waals surface area contributed by atoms with Crippen LogP contribution in [0.4, 0.5) is 4.39 Å². The standard InChI is InChI=1S/C13H12ClFN2O2/c1-8-16-6-11(13(18)19-2)17(8)7-9-4-3-5-10(15)12(9)14/h3-6H,7H2,1-2H3. The van der Waals surface area contributed by atoms with Crippen molar-refractivity contribution in [3.63, 3.8) is 0 Å². The molecule has 0 saturated carbocycles. The minimum atomic E-state index is -0.492. The van der Waals surface area contributed by atoms with Crippen molar-refractivity contribution in [2.75, 3.05) is 7.11 Å². The van der Waals surface area contributed by atoms with Gasteiger partial charge in [0, 0.05) is 0 Å². The molecule has 0 radical (unpaired) electrons. The SMILES string of the molecule is COC(=O)c1cnc(C)n1Cc1cccc(F)c1Cl. The number of benzene rings is 1. The van der Waals surface area contributed by atoms with Crippen molar-refractivity contribution < 1.29 is 13.9 Å². The van der Waals surface area contributed by atoms with Crippen molar-refractivity contribution in [2.45, 2.75) is 13.5 Å². The second kappa shape index (κ2) is 5.40. The molecule has 6 heteroatoms. The molecule has 2 rings (SSSR count). The van der Waals surface area contributed by atoms with E-state index in [-0.39, 0.29) is 11.6 Å². The Labute approximate surface area is 114 Å². The quantitative estimate of drug-likeness (QED) is 0.813. The second-order valence-electron chi connectivity index (χ2n) is 3.98. The van der Waals surface area contributed by atoms with Crippen LogP contribution in [0.25, 0.3) is 0 Å². The van der Waals surface area contributed by atoms with E-state index >= 15 is 0 Å². The van der Waals surface area contributed by atoms with E-state index < -0.39 is 11.8 Å². The van der Waals surface area contributed by atoms with Gasteiger partial charge in [0.15, 0.2) is 0 Å². The number of methoxy groups -OCH3 is 1. The molecular weight excluding hydrogens is 271 g/mol. The first kappa shape index (κ1) is 13.5. The van der Waals surface area contributed by atoms with Gasteiger partial charge in [0.05, 0.1) is 24.9 Å². The Morgan fingerprint density at radius 2 is 2.26 bits per heavy atom. The molecule has 0 aliphatic carbocycles. The molecule has 19 heavy (non-hydrogen) atoms. The Morgan fingerprint density at radius 3 is 2.95 bits per heavy atom. The number of aryl methyl sites for hydroxylation is 1. The highest BCUT2D eigenvalue weighted by atomic mass is 35.5. The third kappa shape index (κ3) is 2.61. The minimum Gasteiger partial charge on any atom is -0.464 e. The zero-order valence-corrected chi connectivity index (χ0v) is 11.2. The summed E-state index contributed by atoms with van der Waals surface area (Å²) in [6.07, 6.45) is 1.42. The summed E-state index contributed by atoms with van der Waals surface area (Å²) in [4.78, 5) is 15.7. The van der Waals surface area contributed by atoms with Gasteiger partial charge in [-0.25, -0.2) is 14.2 Å². The Morgan fingerprint density at radius 1 is 1.53 bits per heavy atom. The number of hydrogen-bond donors (Lipinski definition) is 0. The van der Waals surface area contributed by atoms with Gasteiger partial charge >= 0.3 is 5.97 Å². The molecule has 2 aromatic rings. The lowest BCUT2D eigenvalue weighted by molar-refractivity contribution is 0.0588. The third-order valence-corrected chi connectivity index (χ3v) is 3.23. The van der Waals surface area contributed by atoms with Gasteiger partial charge in [-0.1, -0.05) is 23.7 Å². The summed E-state index contributed by atoms with van der Waals surface area (Å²) in [5, 5.41) is 0.0476. The monoisotopic (exact) mass is 282 g/mol. The van der Waals surface area contributed by atoms with Gasteiger partial charge in [0.25, 0.3) is 0 Å². The molecule has 0 aliphatic heterocycles. The molecule has 4 nitrogen and oxygen atoms in total. The van der Waals surface area contributed by atoms with Crippen LogP contribution in [0.3, 0.4) is 0 Å². The van der Waals surface area contributed by atoms with Crippen molar-refractivity contribution in [1.29, 1.82) is 0 Å². The highest BCUT2D eigenvalue weighted by molar-refractivity contribution is 6.31. The molecule has 0 unspecified atom stereocenters. The average Bonchev–Trinajstić information content (AvgIpc) is 2.76. The fourth-order valence-electron chi connectivity index (χ4n) is 1.78. The summed E-state index contributed by atoms with van der Waals surface area (Å²) in [5.74, 6) is -0.356. The Bertz CT molecular complexity index is 625. The fraction of sp³-hybridized carbons (Fsp3) is 0.231. The summed E-state index contributed by atoms with van der Waals surface area (Å²) in [6.45, 7) is 2.01. The number of hydrogen-bond acceptors (Lipinski definition) is 3. The van der Waals surface area contributed by atoms with Gasteiger partial charge in [-0.05, 0) is 18.6 Å². The van der Waals surface area contributed by atoms with Gasteiger partial charge in [0.2, 0.25) is 0 Å². The van der Waals surface area contributed by atoms with Gasteiger partial charge in [-0.2, -0.15) is 0 Å². The zero-order chi connectivity index (χ0) is 14.0. The number of aromatic nitrogens is 2. The van der Waals surface area contributed by atoms with E-state index in [2.05, 4.69) is 9.72 Å². The first-order valence-electron chi connectivity index (χ1n) is 5.58. The van der Waals surface area contributed by atoms with E-state index in [1.54, 1.807) is 23.6 Å². The molecule has 1 aromatic carbocycles. The third-order valence-electron chi connectivity index (χ3n) is 2.81. The number of halogens is 2. The number of carbonyl (C=O) groups excluding carboxylic acids is 1. The first-order chi connectivity index (χ1) is 9.04. The molecule has 0 aliphatic rings. The van der Waals surface area contributed by atoms with E-state index in [0.29, 0.717) is 17.1 Å². The van der Waals surface area contributed by atoms with Crippen molar-refractivity contribution in [2.24, 2.45) is 0 Å². The van der Waals surface area contributed by atoms with Gasteiger partial charge in [0.1, 0.15) is 17.3 Å². The molecule has 0 bridgehead atoms. The summed E-state index contributed by atoms with van der Waals surface area (Å²) in [5.41, 5.74) is 0.883. The number of imidazole rings is 1. The van der Waals surface area contributed by atoms with Crippen LogP contribution in [-0.2, 0) is 11.3 Å². The highest BCUT2D eigenvalue weighted by Crippen LogP contribution is 2.21. The molecule has 1 aromatic heterocycles. The molecule has 0 amide bonds. The van der Waals surface area contributed by atoms with Crippen LogP contribution < -0.4 is 0 Å². The minimum absolute atomic E-state index is 0.0476. The van der Waals surface area contributed by atoms with Gasteiger partial charge < -0.3 is 9.30 Å². The van der Waals surface area contributed by atoms with E-state index in [9.17, 15) is 9.18 Å². The lowest BCUT2D eigenvalue weighted by Gasteiger charge is -2.10. The maximum atomic E-state index is 13.4. The summed E-state index contributed by atoms with van der Waals surface area (Å²) in [7, 11) is 1.30. The van der Waals surface area contributed by atoms with Crippen LogP contribution in [0.5, 0.6) is 0 Å². The van der Waals surface area contributed by atoms with Crippen LogP contribution in [0.2, 0.25) is 5.02 Å². The Balaban J connectivity index is 2.41. The van der Waals surface area contributed by atoms with Crippen LogP contribution in [0.1, 0.15) is 21.9 Å². The number of esters is 1. The molecule has 0 spiro atoms. The van der Waals surface area contributed by atoms with Gasteiger partial charge in [-0.15, -0.1) is 0 Å². The summed E-state index contributed by atoms with van der Waals surface area (Å²) in [6, 6.07) is 4.56. The maximum absolute atomic E-state index is 13.4. The van der Waals surface area contributed by atoms with Crippen molar-refractivity contribution in [1.82, 2.24) is 9.55 Å². The van der Waals surface area contributed by atoms with E-state index in [0.717, 1.165) is 0 Å². The summed E-state index contributed by atoms with van der Waals surface area (Å²) >= 11 is 5.90. The predicted molar refractivity (Wildman–Crippen MR) is 68.8 cm³/mol. The Hall–Kier alpha value is -1.88. The first-order valence-corrected chi connectivity index (χ1v) is 5.95. The topological polar surface area (TPSA) is 44.1 Å². The van der Waals surface area contributed by atoms with Crippen LogP contribution in [0, 0.1) is 12.7 Å². The lowest BCUT2D eigenvalue weighted by atomic mass is 10.2. The molecule has 1 heterocycles. The fourth-order valence-corrected chi connectivity index (χ4v) is 1.96.